The number of amides is 1. The maximum atomic E-state index is 14.9. The molecule has 1 amide bonds. The van der Waals surface area contributed by atoms with Crippen LogP contribution < -0.4 is 15.9 Å². The highest BCUT2D eigenvalue weighted by molar-refractivity contribution is 5.81. The molecule has 10 heteroatoms. The van der Waals surface area contributed by atoms with Crippen LogP contribution in [0.4, 0.5) is 8.78 Å². The highest BCUT2D eigenvalue weighted by Gasteiger charge is 2.47. The summed E-state index contributed by atoms with van der Waals surface area (Å²) in [4.78, 5) is 34.3. The predicted molar refractivity (Wildman–Crippen MR) is 120 cm³/mol. The van der Waals surface area contributed by atoms with Gasteiger partial charge in [0.05, 0.1) is 17.7 Å². The van der Waals surface area contributed by atoms with Crippen LogP contribution in [0.25, 0.3) is 0 Å². The van der Waals surface area contributed by atoms with E-state index in [1.54, 1.807) is 29.2 Å². The van der Waals surface area contributed by atoms with Crippen LogP contribution in [0.1, 0.15) is 29.2 Å². The van der Waals surface area contributed by atoms with E-state index in [1.807, 2.05) is 19.1 Å². The molecule has 0 radical (unpaired) electrons. The number of alkyl halides is 2. The number of H-pyrrole nitrogens is 1. The molecular formula is C24H25F2N5O3. The minimum absolute atomic E-state index is 0.00949. The van der Waals surface area contributed by atoms with Gasteiger partial charge in [0, 0.05) is 44.4 Å². The summed E-state index contributed by atoms with van der Waals surface area (Å²) in [5.74, 6) is -4.16. The van der Waals surface area contributed by atoms with Crippen LogP contribution >= 0.6 is 0 Å². The third-order valence-corrected chi connectivity index (χ3v) is 6.00. The highest BCUT2D eigenvalue weighted by atomic mass is 19.3. The molecule has 1 aliphatic heterocycles. The Labute approximate surface area is 194 Å². The molecule has 1 aromatic carbocycles. The molecule has 1 fully saturated rings. The number of aromatic amines is 1. The summed E-state index contributed by atoms with van der Waals surface area (Å²) in [5.41, 5.74) is 3.81. The molecule has 3 aromatic rings. The highest BCUT2D eigenvalue weighted by Crippen LogP contribution is 2.40. The molecule has 178 valence electrons. The van der Waals surface area contributed by atoms with E-state index < -0.39 is 30.2 Å². The number of carbonyl (C=O) groups excluding carboxylic acids is 1. The van der Waals surface area contributed by atoms with Crippen molar-refractivity contribution in [3.05, 3.63) is 88.1 Å². The fourth-order valence-corrected chi connectivity index (χ4v) is 4.07. The second-order valence-corrected chi connectivity index (χ2v) is 8.31. The molecule has 0 unspecified atom stereocenters. The molecule has 4 rings (SSSR count). The monoisotopic (exact) mass is 469 g/mol. The van der Waals surface area contributed by atoms with Gasteiger partial charge in [-0.3, -0.25) is 14.5 Å². The number of benzene rings is 1. The van der Waals surface area contributed by atoms with E-state index in [2.05, 4.69) is 20.7 Å². The van der Waals surface area contributed by atoms with Crippen molar-refractivity contribution in [2.75, 3.05) is 13.1 Å². The van der Waals surface area contributed by atoms with Crippen LogP contribution in [0.3, 0.4) is 0 Å². The summed E-state index contributed by atoms with van der Waals surface area (Å²) in [6.45, 7) is 1.78. The first-order chi connectivity index (χ1) is 16.3. The topological polar surface area (TPSA) is 100 Å². The molecule has 2 aromatic heterocycles. The Morgan fingerprint density at radius 2 is 2.09 bits per heavy atom. The van der Waals surface area contributed by atoms with Crippen molar-refractivity contribution in [3.8, 4) is 5.75 Å². The number of rotatable bonds is 7. The fourth-order valence-electron chi connectivity index (χ4n) is 4.07. The zero-order valence-electron chi connectivity index (χ0n) is 18.6. The molecule has 8 nitrogen and oxygen atoms in total. The Balaban J connectivity index is 1.57. The number of aromatic nitrogens is 3. The Morgan fingerprint density at radius 3 is 2.79 bits per heavy atom. The van der Waals surface area contributed by atoms with E-state index in [1.165, 1.54) is 24.5 Å². The molecule has 0 bridgehead atoms. The van der Waals surface area contributed by atoms with Crippen molar-refractivity contribution in [2.45, 2.75) is 37.6 Å². The van der Waals surface area contributed by atoms with E-state index in [9.17, 15) is 18.4 Å². The van der Waals surface area contributed by atoms with Crippen molar-refractivity contribution >= 4 is 5.91 Å². The van der Waals surface area contributed by atoms with Crippen molar-refractivity contribution in [3.63, 3.8) is 0 Å². The molecule has 1 aliphatic rings. The Morgan fingerprint density at radius 1 is 1.26 bits per heavy atom. The summed E-state index contributed by atoms with van der Waals surface area (Å²) in [6, 6.07) is 12.5. The summed E-state index contributed by atoms with van der Waals surface area (Å²) in [5, 5.41) is 7.91. The SMILES string of the molecule is Cc1ccccc1ONC(=O)[C@H](Cc1cccnn1)N1CCC(F)(F)[C@@H](c2ccc(=O)[nH]c2)C1. The van der Waals surface area contributed by atoms with Crippen molar-refractivity contribution in [2.24, 2.45) is 0 Å². The number of nitrogens with zero attached hydrogens (tertiary/aromatic N) is 3. The van der Waals surface area contributed by atoms with Gasteiger partial charge in [-0.05, 0) is 36.2 Å². The molecule has 34 heavy (non-hydrogen) atoms. The molecule has 1 saturated heterocycles. The van der Waals surface area contributed by atoms with Gasteiger partial charge in [-0.25, -0.2) is 8.78 Å². The number of aryl methyl sites for hydroxylation is 1. The number of halogens is 2. The number of likely N-dealkylation sites (tertiary alicyclic amines) is 1. The number of para-hydroxylation sites is 1. The molecular weight excluding hydrogens is 444 g/mol. The van der Waals surface area contributed by atoms with Gasteiger partial charge in [0.15, 0.2) is 5.75 Å². The van der Waals surface area contributed by atoms with Crippen molar-refractivity contribution in [1.82, 2.24) is 25.6 Å². The zero-order valence-corrected chi connectivity index (χ0v) is 18.6. The third kappa shape index (κ3) is 5.45. The quantitative estimate of drug-likeness (QED) is 0.516. The average molecular weight is 469 g/mol. The fraction of sp³-hybridized carbons (Fsp3) is 0.333. The second kappa shape index (κ2) is 10.1. The zero-order chi connectivity index (χ0) is 24.1. The summed E-state index contributed by atoms with van der Waals surface area (Å²) < 4.78 is 29.7. The van der Waals surface area contributed by atoms with Gasteiger partial charge in [-0.1, -0.05) is 24.3 Å². The molecule has 0 spiro atoms. The number of nitrogens with one attached hydrogen (secondary N) is 2. The molecule has 2 atom stereocenters. The van der Waals surface area contributed by atoms with Crippen LogP contribution in [0.15, 0.2) is 65.7 Å². The smallest absolute Gasteiger partial charge is 0.270 e. The minimum Gasteiger partial charge on any atom is -0.379 e. The van der Waals surface area contributed by atoms with E-state index in [0.29, 0.717) is 17.0 Å². The number of carbonyl (C=O) groups is 1. The van der Waals surface area contributed by atoms with Crippen LogP contribution in [-0.2, 0) is 11.2 Å². The Bertz CT molecular complexity index is 1170. The number of piperidine rings is 1. The summed E-state index contributed by atoms with van der Waals surface area (Å²) in [7, 11) is 0. The summed E-state index contributed by atoms with van der Waals surface area (Å²) >= 11 is 0. The maximum absolute atomic E-state index is 14.9. The van der Waals surface area contributed by atoms with Gasteiger partial charge in [0.2, 0.25) is 5.56 Å². The number of hydrogen-bond donors (Lipinski definition) is 2. The van der Waals surface area contributed by atoms with Crippen LogP contribution in [0.2, 0.25) is 0 Å². The van der Waals surface area contributed by atoms with Gasteiger partial charge < -0.3 is 9.82 Å². The number of hydroxylamine groups is 1. The maximum Gasteiger partial charge on any atom is 0.270 e. The first kappa shape index (κ1) is 23.5. The molecule has 2 N–H and O–H groups in total. The van der Waals surface area contributed by atoms with E-state index >= 15 is 0 Å². The third-order valence-electron chi connectivity index (χ3n) is 6.00. The lowest BCUT2D eigenvalue weighted by molar-refractivity contribution is -0.138. The van der Waals surface area contributed by atoms with Gasteiger partial charge in [0.25, 0.3) is 11.8 Å². The molecule has 3 heterocycles. The van der Waals surface area contributed by atoms with Crippen LogP contribution in [-0.4, -0.2) is 51.0 Å². The second-order valence-electron chi connectivity index (χ2n) is 8.31. The summed E-state index contributed by atoms with van der Waals surface area (Å²) in [6.07, 6.45) is 2.57. The van der Waals surface area contributed by atoms with Crippen molar-refractivity contribution in [1.29, 1.82) is 0 Å². The standard InChI is InChI=1S/C24H25F2N5O3/c1-16-5-2-3-7-21(16)34-30-23(33)20(13-18-6-4-11-28-29-18)31-12-10-24(25,26)19(15-31)17-8-9-22(32)27-14-17/h2-9,11,14,19-20H,10,12-13,15H2,1H3,(H,27,32)(H,30,33)/t19-,20+/m1/s1. The lowest BCUT2D eigenvalue weighted by atomic mass is 9.86. The largest absolute Gasteiger partial charge is 0.379 e. The Kier molecular flexibility index (Phi) is 6.97. The minimum atomic E-state index is -2.99. The lowest BCUT2D eigenvalue weighted by Gasteiger charge is -2.41. The first-order valence-electron chi connectivity index (χ1n) is 10.9. The van der Waals surface area contributed by atoms with Gasteiger partial charge in [-0.2, -0.15) is 15.7 Å². The van der Waals surface area contributed by atoms with Crippen molar-refractivity contribution < 1.29 is 18.4 Å². The average Bonchev–Trinajstić information content (AvgIpc) is 2.83. The first-order valence-corrected chi connectivity index (χ1v) is 10.9. The number of pyridine rings is 1. The lowest BCUT2D eigenvalue weighted by Crippen LogP contribution is -2.55. The van der Waals surface area contributed by atoms with E-state index in [4.69, 9.17) is 4.84 Å². The van der Waals surface area contributed by atoms with Gasteiger partial charge in [0.1, 0.15) is 0 Å². The molecule has 0 aliphatic carbocycles. The van der Waals surface area contributed by atoms with Crippen LogP contribution in [0, 0.1) is 6.92 Å². The normalized spacial score (nSPS) is 18.7. The van der Waals surface area contributed by atoms with Crippen LogP contribution in [0.5, 0.6) is 5.75 Å². The van der Waals surface area contributed by atoms with E-state index in [-0.39, 0.29) is 25.1 Å². The van der Waals surface area contributed by atoms with E-state index in [0.717, 1.165) is 5.56 Å². The number of hydrogen-bond acceptors (Lipinski definition) is 6. The predicted octanol–water partition coefficient (Wildman–Crippen LogP) is 2.62. The Hall–Kier alpha value is -3.66. The molecule has 0 saturated carbocycles. The van der Waals surface area contributed by atoms with Gasteiger partial charge in [-0.15, -0.1) is 0 Å². The van der Waals surface area contributed by atoms with Gasteiger partial charge >= 0.3 is 0 Å².